The van der Waals surface area contributed by atoms with Crippen LogP contribution in [0.15, 0.2) is 60.7 Å². The lowest BCUT2D eigenvalue weighted by atomic mass is 9.85. The minimum Gasteiger partial charge on any atom is -0.268 e. The third-order valence-corrected chi connectivity index (χ3v) is 6.99. The molecule has 0 spiro atoms. The molecule has 0 fully saturated rings. The third-order valence-electron chi connectivity index (χ3n) is 6.99. The quantitative estimate of drug-likeness (QED) is 0.366. The van der Waals surface area contributed by atoms with Crippen molar-refractivity contribution in [3.05, 3.63) is 105 Å². The van der Waals surface area contributed by atoms with Crippen molar-refractivity contribution < 1.29 is 19.2 Å². The SMILES string of the molecule is Cc1cc(N2C(=O)c3ccc4c5c(ccc(c35)C2=O)C(=O)N(c2ccc(C#N)c(C#N)c2)C4=O)ccc1C#N. The summed E-state index contributed by atoms with van der Waals surface area (Å²) in [4.78, 5) is 56.3. The summed E-state index contributed by atoms with van der Waals surface area (Å²) < 4.78 is 0. The van der Waals surface area contributed by atoms with E-state index in [2.05, 4.69) is 6.07 Å². The number of aryl methyl sites for hydroxylation is 1. The molecular formula is C30H13N5O4. The van der Waals surface area contributed by atoms with Crippen LogP contribution in [0.1, 0.15) is 63.7 Å². The van der Waals surface area contributed by atoms with Crippen LogP contribution in [-0.4, -0.2) is 23.6 Å². The standard InChI is InChI=1S/C30H13N5O4/c1-15-10-19(4-2-16(15)12-31)34-27(36)21-6-8-23-26-24(9-7-22(25(21)26)28(34)37)30(39)35(29(23)38)20-5-3-17(13-32)18(11-20)14-33/h2-11H,1H3. The van der Waals surface area contributed by atoms with Gasteiger partial charge in [-0.15, -0.1) is 0 Å². The van der Waals surface area contributed by atoms with Gasteiger partial charge in [0, 0.05) is 33.0 Å². The van der Waals surface area contributed by atoms with Gasteiger partial charge >= 0.3 is 0 Å². The maximum Gasteiger partial charge on any atom is 0.265 e. The molecule has 6 rings (SSSR count). The molecule has 4 aromatic rings. The van der Waals surface area contributed by atoms with Crippen LogP contribution in [0.5, 0.6) is 0 Å². The fourth-order valence-electron chi connectivity index (χ4n) is 5.12. The first-order chi connectivity index (χ1) is 18.8. The minimum atomic E-state index is -0.685. The lowest BCUT2D eigenvalue weighted by Gasteiger charge is -2.32. The second-order valence-electron chi connectivity index (χ2n) is 9.03. The molecule has 0 bridgehead atoms. The van der Waals surface area contributed by atoms with Crippen molar-refractivity contribution in [1.29, 1.82) is 15.8 Å². The molecule has 4 amide bonds. The molecule has 39 heavy (non-hydrogen) atoms. The van der Waals surface area contributed by atoms with Crippen LogP contribution in [-0.2, 0) is 0 Å². The Morgan fingerprint density at radius 1 is 0.513 bits per heavy atom. The zero-order chi connectivity index (χ0) is 27.6. The summed E-state index contributed by atoms with van der Waals surface area (Å²) in [5.41, 5.74) is 2.12. The molecule has 0 aliphatic carbocycles. The van der Waals surface area contributed by atoms with Crippen molar-refractivity contribution in [1.82, 2.24) is 0 Å². The molecule has 9 nitrogen and oxygen atoms in total. The number of imide groups is 2. The first-order valence-corrected chi connectivity index (χ1v) is 11.6. The van der Waals surface area contributed by atoms with Crippen LogP contribution in [0, 0.1) is 40.9 Å². The molecule has 0 saturated heterocycles. The van der Waals surface area contributed by atoms with Gasteiger partial charge in [-0.05, 0) is 73.2 Å². The Balaban J connectivity index is 1.52. The molecule has 2 aliphatic heterocycles. The average molecular weight is 507 g/mol. The summed E-state index contributed by atoms with van der Waals surface area (Å²) in [6.45, 7) is 1.70. The monoisotopic (exact) mass is 507 g/mol. The van der Waals surface area contributed by atoms with Crippen LogP contribution < -0.4 is 9.80 Å². The van der Waals surface area contributed by atoms with Crippen LogP contribution in [0.25, 0.3) is 10.8 Å². The first-order valence-electron chi connectivity index (χ1n) is 11.6. The Morgan fingerprint density at radius 3 is 1.28 bits per heavy atom. The van der Waals surface area contributed by atoms with E-state index in [9.17, 15) is 35.0 Å². The van der Waals surface area contributed by atoms with E-state index < -0.39 is 23.6 Å². The van der Waals surface area contributed by atoms with E-state index >= 15 is 0 Å². The molecule has 0 atom stereocenters. The summed E-state index contributed by atoms with van der Waals surface area (Å²) in [5, 5.41) is 28.3. The van der Waals surface area contributed by atoms with E-state index in [-0.39, 0.29) is 49.8 Å². The summed E-state index contributed by atoms with van der Waals surface area (Å²) in [7, 11) is 0. The molecule has 2 heterocycles. The highest BCUT2D eigenvalue weighted by Crippen LogP contribution is 2.40. The van der Waals surface area contributed by atoms with E-state index in [1.165, 1.54) is 54.6 Å². The molecule has 2 aliphatic rings. The summed E-state index contributed by atoms with van der Waals surface area (Å²) >= 11 is 0. The normalized spacial score (nSPS) is 13.8. The molecule has 0 unspecified atom stereocenters. The molecule has 182 valence electrons. The van der Waals surface area contributed by atoms with E-state index in [0.717, 1.165) is 9.80 Å². The number of benzene rings is 4. The number of anilines is 2. The van der Waals surface area contributed by atoms with Gasteiger partial charge in [0.2, 0.25) is 0 Å². The van der Waals surface area contributed by atoms with Crippen molar-refractivity contribution in [2.45, 2.75) is 6.92 Å². The Hall–Kier alpha value is -6.11. The fraction of sp³-hybridized carbons (Fsp3) is 0.0333. The van der Waals surface area contributed by atoms with Crippen LogP contribution >= 0.6 is 0 Å². The van der Waals surface area contributed by atoms with Crippen molar-refractivity contribution in [3.8, 4) is 18.2 Å². The largest absolute Gasteiger partial charge is 0.268 e. The zero-order valence-electron chi connectivity index (χ0n) is 20.1. The number of carbonyl (C=O) groups excluding carboxylic acids is 4. The predicted octanol–water partition coefficient (Wildman–Crippen LogP) is 4.36. The Bertz CT molecular complexity index is 1930. The van der Waals surface area contributed by atoms with Gasteiger partial charge in [-0.2, -0.15) is 15.8 Å². The second-order valence-corrected chi connectivity index (χ2v) is 9.03. The van der Waals surface area contributed by atoms with Gasteiger partial charge in [0.15, 0.2) is 0 Å². The summed E-state index contributed by atoms with van der Waals surface area (Å²) in [5.74, 6) is -2.61. The number of nitriles is 3. The minimum absolute atomic E-state index is 0.0148. The second kappa shape index (κ2) is 8.21. The van der Waals surface area contributed by atoms with E-state index in [4.69, 9.17) is 0 Å². The predicted molar refractivity (Wildman–Crippen MR) is 138 cm³/mol. The van der Waals surface area contributed by atoms with Crippen molar-refractivity contribution in [2.75, 3.05) is 9.80 Å². The fourth-order valence-corrected chi connectivity index (χ4v) is 5.12. The highest BCUT2D eigenvalue weighted by molar-refractivity contribution is 6.42. The maximum atomic E-state index is 13.6. The Labute approximate surface area is 220 Å². The van der Waals surface area contributed by atoms with E-state index in [1.807, 2.05) is 12.1 Å². The van der Waals surface area contributed by atoms with Crippen molar-refractivity contribution in [2.24, 2.45) is 0 Å². The average Bonchev–Trinajstić information content (AvgIpc) is 2.94. The third kappa shape index (κ3) is 3.10. The number of carbonyl (C=O) groups is 4. The molecule has 4 aromatic carbocycles. The first kappa shape index (κ1) is 23.3. The van der Waals surface area contributed by atoms with Crippen LogP contribution in [0.2, 0.25) is 0 Å². The van der Waals surface area contributed by atoms with Crippen molar-refractivity contribution in [3.63, 3.8) is 0 Å². The number of hydrogen-bond acceptors (Lipinski definition) is 7. The zero-order valence-corrected chi connectivity index (χ0v) is 20.1. The van der Waals surface area contributed by atoms with E-state index in [1.54, 1.807) is 13.0 Å². The number of nitrogens with zero attached hydrogens (tertiary/aromatic N) is 5. The lowest BCUT2D eigenvalue weighted by Crippen LogP contribution is -2.43. The van der Waals surface area contributed by atoms with Gasteiger partial charge in [-0.25, -0.2) is 9.80 Å². The molecule has 0 saturated carbocycles. The van der Waals surface area contributed by atoms with Crippen LogP contribution in [0.3, 0.4) is 0 Å². The van der Waals surface area contributed by atoms with Gasteiger partial charge in [0.25, 0.3) is 23.6 Å². The summed E-state index contributed by atoms with van der Waals surface area (Å²) in [6, 6.07) is 20.3. The van der Waals surface area contributed by atoms with Crippen LogP contribution in [0.4, 0.5) is 11.4 Å². The van der Waals surface area contributed by atoms with Gasteiger partial charge in [0.1, 0.15) is 12.1 Å². The van der Waals surface area contributed by atoms with Crippen molar-refractivity contribution >= 4 is 45.8 Å². The lowest BCUT2D eigenvalue weighted by molar-refractivity contribution is 0.0873. The number of amides is 4. The number of hydrogen-bond donors (Lipinski definition) is 0. The number of rotatable bonds is 2. The molecule has 0 aromatic heterocycles. The molecule has 9 heteroatoms. The highest BCUT2D eigenvalue weighted by Gasteiger charge is 2.40. The maximum absolute atomic E-state index is 13.6. The van der Waals surface area contributed by atoms with Gasteiger partial charge in [-0.3, -0.25) is 19.2 Å². The summed E-state index contributed by atoms with van der Waals surface area (Å²) in [6.07, 6.45) is 0. The molecular weight excluding hydrogens is 494 g/mol. The smallest absolute Gasteiger partial charge is 0.265 e. The Morgan fingerprint density at radius 2 is 0.897 bits per heavy atom. The van der Waals surface area contributed by atoms with Gasteiger partial charge in [-0.1, -0.05) is 0 Å². The van der Waals surface area contributed by atoms with Gasteiger partial charge < -0.3 is 0 Å². The van der Waals surface area contributed by atoms with Gasteiger partial charge in [0.05, 0.1) is 34.1 Å². The highest BCUT2D eigenvalue weighted by atomic mass is 16.2. The Kier molecular flexibility index (Phi) is 4.90. The molecule has 0 radical (unpaired) electrons. The molecule has 0 N–H and O–H groups in total. The topological polar surface area (TPSA) is 146 Å². The van der Waals surface area contributed by atoms with E-state index in [0.29, 0.717) is 16.8 Å².